The van der Waals surface area contributed by atoms with Gasteiger partial charge in [0.1, 0.15) is 0 Å². The topological polar surface area (TPSA) is 0 Å². The fraction of sp³-hybridized carbons (Fsp3) is 0.510. The molecule has 290 valence electrons. The molecule has 5 aliphatic carbocycles. The molecule has 8 rings (SSSR count). The van der Waals surface area contributed by atoms with E-state index in [0.717, 1.165) is 24.7 Å². The summed E-state index contributed by atoms with van der Waals surface area (Å²) in [6.45, 7) is 25.0. The molecule has 2 fully saturated rings. The summed E-state index contributed by atoms with van der Waals surface area (Å²) in [6, 6.07) is 30.0. The Morgan fingerprint density at radius 2 is 1.26 bits per heavy atom. The van der Waals surface area contributed by atoms with Gasteiger partial charge in [-0.05, 0) is 0 Å². The molecule has 0 amide bonds. The van der Waals surface area contributed by atoms with Crippen molar-refractivity contribution < 1.29 is 18.3 Å². The first-order valence-corrected chi connectivity index (χ1v) is 27.5. The SMILES string of the molecule is Cl.Cl.[CH2]=[Zr]([C]1=CC=CC1)([c]1ccc(C(C)(C)C)cc1)([c]1ccc(C(C)(C)C)cc1)[C]1(C)C2=C3Cc4ccccc4C3C3CCCCC3C2CC(C)C1(C)C. The van der Waals surface area contributed by atoms with Gasteiger partial charge in [0, 0.05) is 0 Å². The van der Waals surface area contributed by atoms with E-state index in [0.29, 0.717) is 17.8 Å². The Morgan fingerprint density at radius 3 is 1.78 bits per heavy atom. The van der Waals surface area contributed by atoms with Gasteiger partial charge in [0.05, 0.1) is 0 Å². The quantitative estimate of drug-likeness (QED) is 0.230. The third kappa shape index (κ3) is 5.54. The summed E-state index contributed by atoms with van der Waals surface area (Å²) in [5.41, 5.74) is 10.00. The number of allylic oxidation sites excluding steroid dienone is 6. The van der Waals surface area contributed by atoms with E-state index in [-0.39, 0.29) is 44.2 Å². The molecule has 0 radical (unpaired) electrons. The van der Waals surface area contributed by atoms with Gasteiger partial charge in [0.15, 0.2) is 0 Å². The Kier molecular flexibility index (Phi) is 10.8. The van der Waals surface area contributed by atoms with Gasteiger partial charge in [-0.1, -0.05) is 0 Å². The molecule has 0 N–H and O–H groups in total. The van der Waals surface area contributed by atoms with Crippen LogP contribution in [0.3, 0.4) is 0 Å². The van der Waals surface area contributed by atoms with Gasteiger partial charge >= 0.3 is 320 Å². The maximum atomic E-state index is 6.16. The molecule has 3 aromatic carbocycles. The summed E-state index contributed by atoms with van der Waals surface area (Å²) in [5.74, 6) is 3.31. The predicted octanol–water partition coefficient (Wildman–Crippen LogP) is 13.4. The molecule has 5 aliphatic rings. The van der Waals surface area contributed by atoms with Crippen LogP contribution in [0.5, 0.6) is 0 Å². The van der Waals surface area contributed by atoms with Crippen LogP contribution >= 0.6 is 24.8 Å². The number of benzene rings is 3. The molecular weight excluding hydrogens is 775 g/mol. The van der Waals surface area contributed by atoms with Gasteiger partial charge < -0.3 is 0 Å². The van der Waals surface area contributed by atoms with Gasteiger partial charge in [0.2, 0.25) is 0 Å². The maximum absolute atomic E-state index is 6.16. The van der Waals surface area contributed by atoms with Crippen molar-refractivity contribution >= 4 is 35.6 Å². The first-order chi connectivity index (χ1) is 24.4. The van der Waals surface area contributed by atoms with Crippen LogP contribution in [-0.4, -0.2) is 4.21 Å². The van der Waals surface area contributed by atoms with Gasteiger partial charge in [-0.15, -0.1) is 24.8 Å². The van der Waals surface area contributed by atoms with Crippen LogP contribution in [0.2, 0.25) is 3.12 Å². The second-order valence-electron chi connectivity index (χ2n) is 20.9. The third-order valence-electron chi connectivity index (χ3n) is 16.7. The average molecular weight is 843 g/mol. The Bertz CT molecular complexity index is 2000. The first-order valence-electron chi connectivity index (χ1n) is 20.9. The molecule has 0 heterocycles. The molecule has 6 unspecified atom stereocenters. The summed E-state index contributed by atoms with van der Waals surface area (Å²) in [6.07, 6.45) is 16.4. The molecular formula is C51H68Cl2Zr. The van der Waals surface area contributed by atoms with Crippen molar-refractivity contribution in [2.45, 2.75) is 134 Å². The van der Waals surface area contributed by atoms with Crippen molar-refractivity contribution in [3.63, 3.8) is 0 Å². The van der Waals surface area contributed by atoms with Crippen molar-refractivity contribution in [2.24, 2.45) is 29.1 Å². The zero-order valence-electron chi connectivity index (χ0n) is 35.0. The zero-order valence-corrected chi connectivity index (χ0v) is 39.1. The minimum atomic E-state index is -5.04. The van der Waals surface area contributed by atoms with E-state index in [1.807, 2.05) is 11.1 Å². The van der Waals surface area contributed by atoms with Crippen LogP contribution in [0.25, 0.3) is 0 Å². The summed E-state index contributed by atoms with van der Waals surface area (Å²) >= 11 is -5.04. The summed E-state index contributed by atoms with van der Waals surface area (Å²) < 4.78 is 10.8. The Hall–Kier alpha value is -1.79. The third-order valence-corrected chi connectivity index (χ3v) is 36.7. The monoisotopic (exact) mass is 840 g/mol. The van der Waals surface area contributed by atoms with Gasteiger partial charge in [-0.25, -0.2) is 0 Å². The molecule has 54 heavy (non-hydrogen) atoms. The van der Waals surface area contributed by atoms with Crippen molar-refractivity contribution in [3.8, 4) is 0 Å². The fourth-order valence-corrected chi connectivity index (χ4v) is 33.7. The summed E-state index contributed by atoms with van der Waals surface area (Å²) in [7, 11) is 0. The number of hydrogen-bond acceptors (Lipinski definition) is 0. The number of hydrogen-bond donors (Lipinski definition) is 0. The predicted molar refractivity (Wildman–Crippen MR) is 238 cm³/mol. The van der Waals surface area contributed by atoms with Gasteiger partial charge in [-0.3, -0.25) is 0 Å². The van der Waals surface area contributed by atoms with Gasteiger partial charge in [-0.2, -0.15) is 0 Å². The van der Waals surface area contributed by atoms with E-state index in [1.54, 1.807) is 21.0 Å². The Balaban J connectivity index is 0.00000249. The van der Waals surface area contributed by atoms with E-state index in [1.165, 1.54) is 43.2 Å². The van der Waals surface area contributed by atoms with E-state index < -0.39 is 18.3 Å². The van der Waals surface area contributed by atoms with Crippen LogP contribution in [0.15, 0.2) is 105 Å². The van der Waals surface area contributed by atoms with E-state index in [2.05, 4.69) is 160 Å². The molecule has 0 bridgehead atoms. The van der Waals surface area contributed by atoms with Crippen molar-refractivity contribution in [3.05, 3.63) is 128 Å². The minimum absolute atomic E-state index is 0. The van der Waals surface area contributed by atoms with E-state index >= 15 is 0 Å². The van der Waals surface area contributed by atoms with Crippen LogP contribution in [0, 0.1) is 29.1 Å². The fourth-order valence-electron chi connectivity index (χ4n) is 13.3. The second-order valence-corrected chi connectivity index (χ2v) is 35.0. The molecule has 0 spiro atoms. The second kappa shape index (κ2) is 13.9. The Labute approximate surface area is 342 Å². The molecule has 3 aromatic rings. The van der Waals surface area contributed by atoms with Crippen molar-refractivity contribution in [1.82, 2.24) is 0 Å². The standard InChI is InChI=1S/C25H33.2C10H13.C5H5.CH2.2ClH.Zr/c1-15-13-21-19-11-7-8-12-20(19)24-18-10-6-5-9-17(18)14-22(24)23(21)16(2)25(15,3)4;2*1-10(2,3)9-7-5-4-6-8-9;1-2-4-5-3-1;;;;/h5-6,9-10,15,19-21,24H,7-8,11-14H2,1-4H3;2*5-8H,1-3H3;1-3H,4H2;1H2;2*1H;. The van der Waals surface area contributed by atoms with Crippen LogP contribution < -0.4 is 6.54 Å². The zero-order chi connectivity index (χ0) is 37.1. The molecule has 3 heteroatoms. The van der Waals surface area contributed by atoms with Crippen molar-refractivity contribution in [1.29, 1.82) is 0 Å². The van der Waals surface area contributed by atoms with Crippen LogP contribution in [0.4, 0.5) is 0 Å². The normalized spacial score (nSPS) is 28.9. The molecule has 2 saturated carbocycles. The van der Waals surface area contributed by atoms with Crippen LogP contribution in [-0.2, 0) is 35.5 Å². The molecule has 0 saturated heterocycles. The van der Waals surface area contributed by atoms with E-state index in [4.69, 9.17) is 4.21 Å². The number of fused-ring (bicyclic) bond motifs is 7. The van der Waals surface area contributed by atoms with Crippen molar-refractivity contribution in [2.75, 3.05) is 0 Å². The average Bonchev–Trinajstić information content (AvgIpc) is 3.80. The molecule has 0 aliphatic heterocycles. The van der Waals surface area contributed by atoms with Crippen LogP contribution in [0.1, 0.15) is 136 Å². The summed E-state index contributed by atoms with van der Waals surface area (Å²) in [4.78, 5) is 0. The van der Waals surface area contributed by atoms with Gasteiger partial charge in [0.25, 0.3) is 0 Å². The van der Waals surface area contributed by atoms with E-state index in [9.17, 15) is 0 Å². The summed E-state index contributed by atoms with van der Waals surface area (Å²) in [5, 5.41) is 0. The Morgan fingerprint density at radius 1 is 0.722 bits per heavy atom. The molecule has 6 atom stereocenters. The first kappa shape index (κ1) is 41.8. The molecule has 0 aromatic heterocycles. The molecule has 0 nitrogen and oxygen atoms in total. The number of halogens is 2. The number of rotatable bonds is 4.